The predicted octanol–water partition coefficient (Wildman–Crippen LogP) is 4.27. The van der Waals surface area contributed by atoms with E-state index >= 15 is 0 Å². The van der Waals surface area contributed by atoms with Crippen molar-refractivity contribution < 1.29 is 13.2 Å². The molecule has 3 aromatic rings. The third-order valence-electron chi connectivity index (χ3n) is 4.03. The normalized spacial score (nSPS) is 11.7. The van der Waals surface area contributed by atoms with Gasteiger partial charge in [0.05, 0.1) is 21.6 Å². The number of halogens is 4. The number of nitrogens with one attached hydrogen (secondary N) is 1. The summed E-state index contributed by atoms with van der Waals surface area (Å²) in [6, 6.07) is 8.18. The van der Waals surface area contributed by atoms with Gasteiger partial charge in [-0.2, -0.15) is 13.2 Å². The summed E-state index contributed by atoms with van der Waals surface area (Å²) in [6.07, 6.45) is -3.21. The lowest BCUT2D eigenvalue weighted by Crippen LogP contribution is -2.25. The molecule has 0 aliphatic heterocycles. The largest absolute Gasteiger partial charge is 0.417 e. The zero-order valence-corrected chi connectivity index (χ0v) is 15.1. The number of hydrogen-bond acceptors (Lipinski definition) is 4. The maximum Gasteiger partial charge on any atom is 0.417 e. The highest BCUT2D eigenvalue weighted by Gasteiger charge is 2.31. The van der Waals surface area contributed by atoms with Crippen molar-refractivity contribution in [2.75, 3.05) is 11.9 Å². The second-order valence-electron chi connectivity index (χ2n) is 5.98. The number of hydrogen-bond donors (Lipinski definition) is 1. The molecule has 0 spiro atoms. The van der Waals surface area contributed by atoms with Crippen molar-refractivity contribution in [2.24, 2.45) is 0 Å². The lowest BCUT2D eigenvalue weighted by atomic mass is 10.2. The summed E-state index contributed by atoms with van der Waals surface area (Å²) in [5.41, 5.74) is 0.811. The van der Waals surface area contributed by atoms with Gasteiger partial charge >= 0.3 is 6.18 Å². The van der Waals surface area contributed by atoms with E-state index < -0.39 is 11.7 Å². The van der Waals surface area contributed by atoms with E-state index in [1.54, 1.807) is 11.5 Å². The van der Waals surface area contributed by atoms with Gasteiger partial charge in [0.15, 0.2) is 0 Å². The third kappa shape index (κ3) is 4.21. The van der Waals surface area contributed by atoms with Gasteiger partial charge in [-0.1, -0.05) is 23.7 Å². The summed E-state index contributed by atoms with van der Waals surface area (Å²) in [6.45, 7) is 2.48. The molecule has 2 heterocycles. The summed E-state index contributed by atoms with van der Waals surface area (Å²) >= 11 is 5.87. The molecule has 0 bridgehead atoms. The van der Waals surface area contributed by atoms with Crippen LogP contribution in [0.4, 0.5) is 19.0 Å². The van der Waals surface area contributed by atoms with Crippen LogP contribution in [-0.2, 0) is 12.7 Å². The van der Waals surface area contributed by atoms with Gasteiger partial charge in [0, 0.05) is 19.3 Å². The summed E-state index contributed by atoms with van der Waals surface area (Å²) in [7, 11) is 0. The third-order valence-corrected chi connectivity index (χ3v) is 4.32. The zero-order chi connectivity index (χ0) is 19.6. The number of aryl methyl sites for hydroxylation is 2. The Hall–Kier alpha value is -2.61. The molecule has 0 atom stereocenters. The molecule has 0 radical (unpaired) electrons. The first-order valence-electron chi connectivity index (χ1n) is 8.20. The number of fused-ring (bicyclic) bond motifs is 1. The van der Waals surface area contributed by atoms with Gasteiger partial charge in [0.2, 0.25) is 0 Å². The maximum absolute atomic E-state index is 12.6. The molecule has 1 N–H and O–H groups in total. The van der Waals surface area contributed by atoms with E-state index in [0.29, 0.717) is 25.2 Å². The van der Waals surface area contributed by atoms with Crippen LogP contribution in [0.3, 0.4) is 0 Å². The Morgan fingerprint density at radius 3 is 2.70 bits per heavy atom. The van der Waals surface area contributed by atoms with Gasteiger partial charge < -0.3 is 9.88 Å². The van der Waals surface area contributed by atoms with Crippen LogP contribution in [-0.4, -0.2) is 21.1 Å². The number of nitrogens with zero attached hydrogens (tertiary/aromatic N) is 3. The SMILES string of the molecule is Cc1nc2ccccc2n(CCCNc2ncc(C(F)(F)F)cc2Cl)c1=O. The Bertz CT molecular complexity index is 1030. The minimum absolute atomic E-state index is 0.104. The lowest BCUT2D eigenvalue weighted by Gasteiger charge is -2.13. The lowest BCUT2D eigenvalue weighted by molar-refractivity contribution is -0.137. The minimum atomic E-state index is -4.49. The van der Waals surface area contributed by atoms with Crippen molar-refractivity contribution in [1.82, 2.24) is 14.5 Å². The molecule has 9 heteroatoms. The second kappa shape index (κ2) is 7.56. The molecule has 0 saturated carbocycles. The van der Waals surface area contributed by atoms with E-state index in [4.69, 9.17) is 11.6 Å². The van der Waals surface area contributed by atoms with Crippen molar-refractivity contribution in [1.29, 1.82) is 0 Å². The van der Waals surface area contributed by atoms with E-state index in [9.17, 15) is 18.0 Å². The summed E-state index contributed by atoms with van der Waals surface area (Å²) in [5, 5.41) is 2.80. The van der Waals surface area contributed by atoms with Gasteiger partial charge in [-0.3, -0.25) is 4.79 Å². The Labute approximate surface area is 157 Å². The fourth-order valence-electron chi connectivity index (χ4n) is 2.71. The Kier molecular flexibility index (Phi) is 5.36. The monoisotopic (exact) mass is 396 g/mol. The molecule has 0 fully saturated rings. The predicted molar refractivity (Wildman–Crippen MR) is 98.1 cm³/mol. The van der Waals surface area contributed by atoms with Crippen LogP contribution in [0.2, 0.25) is 5.02 Å². The molecule has 0 saturated heterocycles. The van der Waals surface area contributed by atoms with Gasteiger partial charge in [-0.15, -0.1) is 0 Å². The highest BCUT2D eigenvalue weighted by atomic mass is 35.5. The summed E-state index contributed by atoms with van der Waals surface area (Å²) in [5.74, 6) is 0.174. The molecular formula is C18H16ClF3N4O. The average molecular weight is 397 g/mol. The number of rotatable bonds is 5. The standard InChI is InChI=1S/C18H16ClF3N4O/c1-11-17(27)26(15-6-3-2-5-14(15)25-11)8-4-7-23-16-13(19)9-12(10-24-16)18(20,21)22/h2-3,5-6,9-10H,4,7-8H2,1H3,(H,23,24). The number of aromatic nitrogens is 3. The number of alkyl halides is 3. The number of para-hydroxylation sites is 2. The van der Waals surface area contributed by atoms with Crippen molar-refractivity contribution in [2.45, 2.75) is 26.1 Å². The fraction of sp³-hybridized carbons (Fsp3) is 0.278. The molecule has 5 nitrogen and oxygen atoms in total. The number of anilines is 1. The molecule has 0 amide bonds. The quantitative estimate of drug-likeness (QED) is 0.654. The van der Waals surface area contributed by atoms with Crippen LogP contribution in [0.5, 0.6) is 0 Å². The van der Waals surface area contributed by atoms with Crippen LogP contribution in [0, 0.1) is 6.92 Å². The van der Waals surface area contributed by atoms with Crippen molar-refractivity contribution in [3.63, 3.8) is 0 Å². The van der Waals surface area contributed by atoms with E-state index in [-0.39, 0.29) is 16.4 Å². The van der Waals surface area contributed by atoms with Crippen molar-refractivity contribution in [3.8, 4) is 0 Å². The fourth-order valence-corrected chi connectivity index (χ4v) is 2.94. The first kappa shape index (κ1) is 19.2. The Morgan fingerprint density at radius 1 is 1.26 bits per heavy atom. The average Bonchev–Trinajstić information content (AvgIpc) is 2.61. The summed E-state index contributed by atoms with van der Waals surface area (Å²) < 4.78 is 39.5. The number of pyridine rings is 1. The van der Waals surface area contributed by atoms with E-state index in [2.05, 4.69) is 15.3 Å². The highest BCUT2D eigenvalue weighted by molar-refractivity contribution is 6.32. The van der Waals surface area contributed by atoms with E-state index in [1.165, 1.54) is 0 Å². The van der Waals surface area contributed by atoms with Crippen molar-refractivity contribution in [3.05, 3.63) is 63.2 Å². The van der Waals surface area contributed by atoms with E-state index in [1.807, 2.05) is 24.3 Å². The molecule has 0 unspecified atom stereocenters. The first-order valence-corrected chi connectivity index (χ1v) is 8.58. The molecule has 2 aromatic heterocycles. The van der Waals surface area contributed by atoms with E-state index in [0.717, 1.165) is 23.3 Å². The molecule has 3 rings (SSSR count). The molecule has 0 aliphatic rings. The topological polar surface area (TPSA) is 59.8 Å². The van der Waals surface area contributed by atoms with Crippen LogP contribution in [0.1, 0.15) is 17.7 Å². The van der Waals surface area contributed by atoms with Crippen LogP contribution >= 0.6 is 11.6 Å². The van der Waals surface area contributed by atoms with Crippen molar-refractivity contribution >= 4 is 28.5 Å². The Morgan fingerprint density at radius 2 is 2.00 bits per heavy atom. The summed E-state index contributed by atoms with van der Waals surface area (Å²) in [4.78, 5) is 20.4. The van der Waals surface area contributed by atoms with Gasteiger partial charge in [0.25, 0.3) is 5.56 Å². The maximum atomic E-state index is 12.6. The smallest absolute Gasteiger partial charge is 0.369 e. The van der Waals surface area contributed by atoms with Crippen LogP contribution in [0.25, 0.3) is 11.0 Å². The number of benzene rings is 1. The van der Waals surface area contributed by atoms with Gasteiger partial charge in [0.1, 0.15) is 11.5 Å². The molecule has 1 aromatic carbocycles. The Balaban J connectivity index is 1.69. The second-order valence-corrected chi connectivity index (χ2v) is 6.38. The highest BCUT2D eigenvalue weighted by Crippen LogP contribution is 2.32. The van der Waals surface area contributed by atoms with Crippen LogP contribution in [0.15, 0.2) is 41.3 Å². The van der Waals surface area contributed by atoms with Gasteiger partial charge in [-0.25, -0.2) is 9.97 Å². The van der Waals surface area contributed by atoms with Gasteiger partial charge in [-0.05, 0) is 31.5 Å². The zero-order valence-electron chi connectivity index (χ0n) is 14.3. The first-order chi connectivity index (χ1) is 12.8. The minimum Gasteiger partial charge on any atom is -0.369 e. The molecular weight excluding hydrogens is 381 g/mol. The van der Waals surface area contributed by atoms with Crippen LogP contribution < -0.4 is 10.9 Å². The molecule has 0 aliphatic carbocycles. The molecule has 27 heavy (non-hydrogen) atoms. The molecule has 142 valence electrons.